The summed E-state index contributed by atoms with van der Waals surface area (Å²) in [5.41, 5.74) is 8.01. The molecule has 0 aliphatic carbocycles. The first-order chi connectivity index (χ1) is 6.59. The van der Waals surface area contributed by atoms with Crippen molar-refractivity contribution < 1.29 is 13.9 Å². The Morgan fingerprint density at radius 2 is 2.36 bits per heavy atom. The van der Waals surface area contributed by atoms with E-state index in [-0.39, 0.29) is 32.7 Å². The Morgan fingerprint density at radius 3 is 2.93 bits per heavy atom. The Bertz CT molecular complexity index is 242. The van der Waals surface area contributed by atoms with Crippen LogP contribution in [-0.4, -0.2) is 48.2 Å². The molecular formula is C7H12F2N4O. The summed E-state index contributed by atoms with van der Waals surface area (Å²) in [6, 6.07) is -0.515. The molecule has 1 heterocycles. The SMILES string of the molecule is [N-]=[N+]=NCCN1CC(F)(F)C[C@@H]1CO. The van der Waals surface area contributed by atoms with Crippen molar-refractivity contribution in [1.82, 2.24) is 4.90 Å². The highest BCUT2D eigenvalue weighted by atomic mass is 19.3. The zero-order valence-electron chi connectivity index (χ0n) is 7.60. The average molecular weight is 206 g/mol. The summed E-state index contributed by atoms with van der Waals surface area (Å²) < 4.78 is 25.8. The van der Waals surface area contributed by atoms with Gasteiger partial charge in [-0.2, -0.15) is 0 Å². The monoisotopic (exact) mass is 206 g/mol. The lowest BCUT2D eigenvalue weighted by Gasteiger charge is -2.20. The summed E-state index contributed by atoms with van der Waals surface area (Å²) in [5, 5.41) is 12.1. The fraction of sp³-hybridized carbons (Fsp3) is 1.00. The van der Waals surface area contributed by atoms with Gasteiger partial charge in [0.15, 0.2) is 0 Å². The number of hydrogen-bond acceptors (Lipinski definition) is 3. The lowest BCUT2D eigenvalue weighted by Crippen LogP contribution is -2.34. The van der Waals surface area contributed by atoms with Gasteiger partial charge in [-0.15, -0.1) is 0 Å². The van der Waals surface area contributed by atoms with E-state index >= 15 is 0 Å². The maximum atomic E-state index is 12.9. The molecule has 1 saturated heterocycles. The van der Waals surface area contributed by atoms with Gasteiger partial charge in [0.25, 0.3) is 5.92 Å². The van der Waals surface area contributed by atoms with E-state index in [9.17, 15) is 8.78 Å². The standard InChI is InChI=1S/C7H12F2N4O/c8-7(9)3-6(4-14)13(5-7)2-1-11-12-10/h6,14H,1-5H2/t6-/m1/s1. The van der Waals surface area contributed by atoms with E-state index < -0.39 is 12.0 Å². The van der Waals surface area contributed by atoms with Crippen LogP contribution < -0.4 is 0 Å². The molecule has 0 saturated carbocycles. The molecule has 1 rings (SSSR count). The number of nitrogens with zero attached hydrogens (tertiary/aromatic N) is 4. The first-order valence-electron chi connectivity index (χ1n) is 4.32. The van der Waals surface area contributed by atoms with Crippen LogP contribution >= 0.6 is 0 Å². The third kappa shape index (κ3) is 2.80. The van der Waals surface area contributed by atoms with Crippen molar-refractivity contribution in [2.75, 3.05) is 26.2 Å². The maximum Gasteiger partial charge on any atom is 0.262 e. The van der Waals surface area contributed by atoms with E-state index in [1.54, 1.807) is 0 Å². The van der Waals surface area contributed by atoms with Gasteiger partial charge in [-0.3, -0.25) is 4.90 Å². The smallest absolute Gasteiger partial charge is 0.262 e. The number of aliphatic hydroxyl groups is 1. The van der Waals surface area contributed by atoms with Gasteiger partial charge in [-0.25, -0.2) is 8.78 Å². The molecule has 1 atom stereocenters. The molecule has 7 heteroatoms. The van der Waals surface area contributed by atoms with Gasteiger partial charge < -0.3 is 5.11 Å². The highest BCUT2D eigenvalue weighted by Crippen LogP contribution is 2.31. The molecule has 14 heavy (non-hydrogen) atoms. The minimum Gasteiger partial charge on any atom is -0.395 e. The highest BCUT2D eigenvalue weighted by molar-refractivity contribution is 4.90. The van der Waals surface area contributed by atoms with Crippen molar-refractivity contribution in [3.05, 3.63) is 10.4 Å². The second kappa shape index (κ2) is 4.54. The van der Waals surface area contributed by atoms with Gasteiger partial charge in [-0.1, -0.05) is 5.11 Å². The van der Waals surface area contributed by atoms with Gasteiger partial charge in [0.05, 0.1) is 13.2 Å². The summed E-state index contributed by atoms with van der Waals surface area (Å²) >= 11 is 0. The zero-order valence-corrected chi connectivity index (χ0v) is 7.60. The molecule has 0 spiro atoms. The van der Waals surface area contributed by atoms with Crippen molar-refractivity contribution >= 4 is 0 Å². The van der Waals surface area contributed by atoms with Crippen LogP contribution in [0.25, 0.3) is 10.4 Å². The maximum absolute atomic E-state index is 12.9. The van der Waals surface area contributed by atoms with Crippen molar-refractivity contribution in [2.24, 2.45) is 5.11 Å². The third-order valence-corrected chi connectivity index (χ3v) is 2.25. The molecule has 0 aromatic heterocycles. The van der Waals surface area contributed by atoms with E-state index in [0.717, 1.165) is 0 Å². The minimum atomic E-state index is -2.73. The summed E-state index contributed by atoms with van der Waals surface area (Å²) in [6.07, 6.45) is -0.320. The van der Waals surface area contributed by atoms with E-state index in [2.05, 4.69) is 10.0 Å². The number of rotatable bonds is 4. The molecule has 1 N–H and O–H groups in total. The molecule has 0 bridgehead atoms. The summed E-state index contributed by atoms with van der Waals surface area (Å²) in [5.74, 6) is -2.73. The molecule has 1 aliphatic heterocycles. The molecule has 0 aromatic rings. The summed E-state index contributed by atoms with van der Waals surface area (Å²) in [7, 11) is 0. The molecule has 80 valence electrons. The quantitative estimate of drug-likeness (QED) is 0.423. The number of aliphatic hydroxyl groups excluding tert-OH is 1. The Morgan fingerprint density at radius 1 is 1.64 bits per heavy atom. The van der Waals surface area contributed by atoms with Crippen LogP contribution in [0.3, 0.4) is 0 Å². The fourth-order valence-electron chi connectivity index (χ4n) is 1.62. The van der Waals surface area contributed by atoms with Gasteiger partial charge in [-0.05, 0) is 5.53 Å². The Balaban J connectivity index is 2.46. The predicted molar refractivity (Wildman–Crippen MR) is 46.0 cm³/mol. The fourth-order valence-corrected chi connectivity index (χ4v) is 1.62. The van der Waals surface area contributed by atoms with E-state index in [1.165, 1.54) is 4.90 Å². The van der Waals surface area contributed by atoms with Crippen LogP contribution in [0.5, 0.6) is 0 Å². The topological polar surface area (TPSA) is 72.2 Å². The van der Waals surface area contributed by atoms with E-state index in [1.807, 2.05) is 0 Å². The zero-order chi connectivity index (χ0) is 10.6. The first kappa shape index (κ1) is 11.2. The van der Waals surface area contributed by atoms with Crippen LogP contribution in [0.4, 0.5) is 8.78 Å². The second-order valence-electron chi connectivity index (χ2n) is 3.32. The number of alkyl halides is 2. The molecule has 0 radical (unpaired) electrons. The van der Waals surface area contributed by atoms with Gasteiger partial charge in [0, 0.05) is 30.5 Å². The minimum absolute atomic E-state index is 0.156. The normalized spacial score (nSPS) is 26.1. The number of azide groups is 1. The lowest BCUT2D eigenvalue weighted by molar-refractivity contribution is 0.0120. The second-order valence-corrected chi connectivity index (χ2v) is 3.32. The van der Waals surface area contributed by atoms with Crippen LogP contribution in [0.15, 0.2) is 5.11 Å². The number of halogens is 2. The van der Waals surface area contributed by atoms with Crippen LogP contribution in [-0.2, 0) is 0 Å². The van der Waals surface area contributed by atoms with Crippen LogP contribution in [0.2, 0.25) is 0 Å². The first-order valence-corrected chi connectivity index (χ1v) is 4.32. The van der Waals surface area contributed by atoms with Gasteiger partial charge in [0.1, 0.15) is 0 Å². The average Bonchev–Trinajstić information content (AvgIpc) is 2.41. The van der Waals surface area contributed by atoms with Crippen molar-refractivity contribution in [1.29, 1.82) is 0 Å². The predicted octanol–water partition coefficient (Wildman–Crippen LogP) is 0.999. The van der Waals surface area contributed by atoms with Crippen molar-refractivity contribution in [3.63, 3.8) is 0 Å². The highest BCUT2D eigenvalue weighted by Gasteiger charge is 2.44. The summed E-state index contributed by atoms with van der Waals surface area (Å²) in [4.78, 5) is 3.99. The summed E-state index contributed by atoms with van der Waals surface area (Å²) in [6.45, 7) is -0.223. The van der Waals surface area contributed by atoms with Crippen molar-refractivity contribution in [2.45, 2.75) is 18.4 Å². The molecule has 0 aromatic carbocycles. The Labute approximate surface area is 79.9 Å². The molecule has 1 fully saturated rings. The van der Waals surface area contributed by atoms with Gasteiger partial charge >= 0.3 is 0 Å². The molecule has 5 nitrogen and oxygen atoms in total. The third-order valence-electron chi connectivity index (χ3n) is 2.25. The Hall–Kier alpha value is -0.910. The number of hydrogen-bond donors (Lipinski definition) is 1. The largest absolute Gasteiger partial charge is 0.395 e. The molecular weight excluding hydrogens is 194 g/mol. The van der Waals surface area contributed by atoms with Crippen LogP contribution in [0.1, 0.15) is 6.42 Å². The Kier molecular flexibility index (Phi) is 3.62. The van der Waals surface area contributed by atoms with Gasteiger partial charge in [0.2, 0.25) is 0 Å². The molecule has 1 aliphatic rings. The van der Waals surface area contributed by atoms with Crippen LogP contribution in [0, 0.1) is 0 Å². The lowest BCUT2D eigenvalue weighted by atomic mass is 10.2. The number of likely N-dealkylation sites (tertiary alicyclic amines) is 1. The van der Waals surface area contributed by atoms with E-state index in [4.69, 9.17) is 10.6 Å². The molecule has 0 amide bonds. The molecule has 0 unspecified atom stereocenters. The van der Waals surface area contributed by atoms with E-state index in [0.29, 0.717) is 0 Å². The van der Waals surface area contributed by atoms with Crippen molar-refractivity contribution in [3.8, 4) is 0 Å².